The highest BCUT2D eigenvalue weighted by molar-refractivity contribution is 5.82. The molecule has 0 aromatic heterocycles. The first-order chi connectivity index (χ1) is 12.1. The van der Waals surface area contributed by atoms with Crippen LogP contribution in [-0.4, -0.2) is 24.9 Å². The van der Waals surface area contributed by atoms with Crippen molar-refractivity contribution in [1.29, 1.82) is 0 Å². The summed E-state index contributed by atoms with van der Waals surface area (Å²) in [6, 6.07) is 16.0. The molecular weight excluding hydrogens is 322 g/mol. The fourth-order valence-electron chi connectivity index (χ4n) is 3.08. The third-order valence-corrected chi connectivity index (χ3v) is 4.58. The van der Waals surface area contributed by atoms with Gasteiger partial charge in [0.15, 0.2) is 0 Å². The predicted octanol–water partition coefficient (Wildman–Crippen LogP) is 4.47. The molecule has 0 aliphatic rings. The first-order valence-corrected chi connectivity index (χ1v) is 9.03. The average Bonchev–Trinajstić information content (AvgIpc) is 2.58. The summed E-state index contributed by atoms with van der Waals surface area (Å²) in [5.74, 6) is 0.126. The maximum absolute atomic E-state index is 13.2. The Balaban J connectivity index is 2.46. The van der Waals surface area contributed by atoms with Gasteiger partial charge in [0, 0.05) is 37.4 Å². The van der Waals surface area contributed by atoms with Crippen molar-refractivity contribution < 1.29 is 4.79 Å². The second kappa shape index (κ2) is 7.81. The number of benzene rings is 2. The molecule has 140 valence electrons. The minimum Gasteiger partial charge on any atom is -0.399 e. The quantitative estimate of drug-likeness (QED) is 0.807. The van der Waals surface area contributed by atoms with Gasteiger partial charge in [0.25, 0.3) is 0 Å². The zero-order valence-electron chi connectivity index (χ0n) is 16.8. The van der Waals surface area contributed by atoms with E-state index in [-0.39, 0.29) is 11.9 Å². The predicted molar refractivity (Wildman–Crippen MR) is 110 cm³/mol. The van der Waals surface area contributed by atoms with Gasteiger partial charge < -0.3 is 15.5 Å². The standard InChI is InChI=1S/C22H31N3O/c1-16(17-10-8-7-9-11-17)25(21(26)22(2,3)4)15-18-14-19(23)12-13-20(18)24(5)6/h7-14,16H,15,23H2,1-6H3/t16-/m0/s1. The number of nitrogens with zero attached hydrogens (tertiary/aromatic N) is 2. The summed E-state index contributed by atoms with van der Waals surface area (Å²) in [5.41, 5.74) is 9.54. The zero-order chi connectivity index (χ0) is 19.5. The van der Waals surface area contributed by atoms with Crippen molar-refractivity contribution in [2.75, 3.05) is 24.7 Å². The van der Waals surface area contributed by atoms with E-state index in [1.165, 1.54) is 0 Å². The van der Waals surface area contributed by atoms with Gasteiger partial charge in [0.1, 0.15) is 0 Å². The van der Waals surface area contributed by atoms with Gasteiger partial charge in [-0.1, -0.05) is 51.1 Å². The number of carbonyl (C=O) groups is 1. The zero-order valence-corrected chi connectivity index (χ0v) is 16.8. The lowest BCUT2D eigenvalue weighted by Crippen LogP contribution is -2.40. The van der Waals surface area contributed by atoms with Crippen LogP contribution in [0.4, 0.5) is 11.4 Å². The summed E-state index contributed by atoms with van der Waals surface area (Å²) in [7, 11) is 4.01. The molecule has 2 N–H and O–H groups in total. The molecule has 0 unspecified atom stereocenters. The van der Waals surface area contributed by atoms with Gasteiger partial charge in [0.2, 0.25) is 5.91 Å². The fraction of sp³-hybridized carbons (Fsp3) is 0.409. The molecule has 4 heteroatoms. The van der Waals surface area contributed by atoms with E-state index in [1.54, 1.807) is 0 Å². The molecule has 2 rings (SSSR count). The molecule has 1 atom stereocenters. The second-order valence-electron chi connectivity index (χ2n) is 8.05. The number of nitrogens with two attached hydrogens (primary N) is 1. The summed E-state index contributed by atoms with van der Waals surface area (Å²) in [6.07, 6.45) is 0. The Hall–Kier alpha value is -2.49. The molecule has 0 fully saturated rings. The molecule has 0 spiro atoms. The highest BCUT2D eigenvalue weighted by Crippen LogP contribution is 2.31. The van der Waals surface area contributed by atoms with Crippen LogP contribution in [0, 0.1) is 5.41 Å². The average molecular weight is 354 g/mol. The number of nitrogen functional groups attached to an aromatic ring is 1. The summed E-state index contributed by atoms with van der Waals surface area (Å²) in [4.78, 5) is 17.2. The first-order valence-electron chi connectivity index (χ1n) is 9.03. The van der Waals surface area contributed by atoms with E-state index in [9.17, 15) is 4.79 Å². The molecule has 2 aromatic rings. The number of amides is 1. The summed E-state index contributed by atoms with van der Waals surface area (Å²) < 4.78 is 0. The van der Waals surface area contributed by atoms with Crippen molar-refractivity contribution in [3.05, 3.63) is 59.7 Å². The molecule has 0 aliphatic heterocycles. The van der Waals surface area contributed by atoms with E-state index in [2.05, 4.69) is 24.0 Å². The molecule has 0 saturated heterocycles. The topological polar surface area (TPSA) is 49.6 Å². The maximum atomic E-state index is 13.2. The van der Waals surface area contributed by atoms with Crippen LogP contribution in [0.2, 0.25) is 0 Å². The summed E-state index contributed by atoms with van der Waals surface area (Å²) in [5, 5.41) is 0. The van der Waals surface area contributed by atoms with Crippen LogP contribution in [0.25, 0.3) is 0 Å². The van der Waals surface area contributed by atoms with Gasteiger partial charge in [-0.05, 0) is 36.2 Å². The van der Waals surface area contributed by atoms with E-state index >= 15 is 0 Å². The molecule has 26 heavy (non-hydrogen) atoms. The van der Waals surface area contributed by atoms with Crippen LogP contribution in [-0.2, 0) is 11.3 Å². The summed E-state index contributed by atoms with van der Waals surface area (Å²) >= 11 is 0. The van der Waals surface area contributed by atoms with Crippen molar-refractivity contribution in [3.63, 3.8) is 0 Å². The van der Waals surface area contributed by atoms with Crippen molar-refractivity contribution in [3.8, 4) is 0 Å². The van der Waals surface area contributed by atoms with Gasteiger partial charge in [-0.3, -0.25) is 4.79 Å². The van der Waals surface area contributed by atoms with Crippen molar-refractivity contribution >= 4 is 17.3 Å². The molecular formula is C22H31N3O. The molecule has 0 radical (unpaired) electrons. The molecule has 0 bridgehead atoms. The third-order valence-electron chi connectivity index (χ3n) is 4.58. The van der Waals surface area contributed by atoms with Gasteiger partial charge in [-0.25, -0.2) is 0 Å². The molecule has 0 saturated carbocycles. The monoisotopic (exact) mass is 353 g/mol. The lowest BCUT2D eigenvalue weighted by atomic mass is 9.92. The van der Waals surface area contributed by atoms with Crippen LogP contribution in [0.5, 0.6) is 0 Å². The molecule has 0 aliphatic carbocycles. The number of anilines is 2. The first kappa shape index (κ1) is 19.8. The van der Waals surface area contributed by atoms with Crippen LogP contribution in [0.1, 0.15) is 44.9 Å². The van der Waals surface area contributed by atoms with E-state index in [1.807, 2.05) is 76.2 Å². The Bertz CT molecular complexity index is 748. The Labute approximate surface area is 157 Å². The number of carbonyl (C=O) groups excluding carboxylic acids is 1. The Morgan fingerprint density at radius 3 is 2.23 bits per heavy atom. The highest BCUT2D eigenvalue weighted by Gasteiger charge is 2.31. The van der Waals surface area contributed by atoms with Crippen molar-refractivity contribution in [1.82, 2.24) is 4.90 Å². The Morgan fingerprint density at radius 2 is 1.69 bits per heavy atom. The van der Waals surface area contributed by atoms with E-state index in [4.69, 9.17) is 5.73 Å². The second-order valence-corrected chi connectivity index (χ2v) is 8.05. The maximum Gasteiger partial charge on any atom is 0.228 e. The number of hydrogen-bond acceptors (Lipinski definition) is 3. The van der Waals surface area contributed by atoms with Crippen LogP contribution in [0.15, 0.2) is 48.5 Å². The summed E-state index contributed by atoms with van der Waals surface area (Å²) in [6.45, 7) is 8.50. The number of hydrogen-bond donors (Lipinski definition) is 1. The molecule has 2 aromatic carbocycles. The van der Waals surface area contributed by atoms with E-state index in [0.29, 0.717) is 12.2 Å². The van der Waals surface area contributed by atoms with Crippen LogP contribution in [0.3, 0.4) is 0 Å². The third kappa shape index (κ3) is 4.57. The smallest absolute Gasteiger partial charge is 0.228 e. The highest BCUT2D eigenvalue weighted by atomic mass is 16.2. The van der Waals surface area contributed by atoms with Gasteiger partial charge in [0.05, 0.1) is 6.04 Å². The molecule has 1 amide bonds. The lowest BCUT2D eigenvalue weighted by molar-refractivity contribution is -0.142. The largest absolute Gasteiger partial charge is 0.399 e. The van der Waals surface area contributed by atoms with Crippen molar-refractivity contribution in [2.24, 2.45) is 5.41 Å². The number of rotatable bonds is 5. The van der Waals surface area contributed by atoms with E-state index < -0.39 is 5.41 Å². The SMILES string of the molecule is C[C@@H](c1ccccc1)N(Cc1cc(N)ccc1N(C)C)C(=O)C(C)(C)C. The van der Waals surface area contributed by atoms with Gasteiger partial charge in [-0.15, -0.1) is 0 Å². The lowest BCUT2D eigenvalue weighted by Gasteiger charge is -2.35. The van der Waals surface area contributed by atoms with E-state index in [0.717, 1.165) is 16.8 Å². The van der Waals surface area contributed by atoms with Crippen molar-refractivity contribution in [2.45, 2.75) is 40.3 Å². The van der Waals surface area contributed by atoms with Gasteiger partial charge in [-0.2, -0.15) is 0 Å². The Morgan fingerprint density at radius 1 is 1.08 bits per heavy atom. The van der Waals surface area contributed by atoms with Crippen LogP contribution >= 0.6 is 0 Å². The van der Waals surface area contributed by atoms with Crippen LogP contribution < -0.4 is 10.6 Å². The minimum atomic E-state index is -0.457. The normalized spacial score (nSPS) is 12.5. The fourth-order valence-corrected chi connectivity index (χ4v) is 3.08. The van der Waals surface area contributed by atoms with Gasteiger partial charge >= 0.3 is 0 Å². The molecule has 0 heterocycles. The molecule has 4 nitrogen and oxygen atoms in total. The minimum absolute atomic E-state index is 0.0284. The Kier molecular flexibility index (Phi) is 5.96.